The lowest BCUT2D eigenvalue weighted by molar-refractivity contribution is -0.136. The minimum Gasteiger partial charge on any atom is -0.481 e. The lowest BCUT2D eigenvalue weighted by Gasteiger charge is -2.16. The Morgan fingerprint density at radius 1 is 1.28 bits per heavy atom. The van der Waals surface area contributed by atoms with E-state index < -0.39 is 17.7 Å². The largest absolute Gasteiger partial charge is 0.481 e. The third kappa shape index (κ3) is 2.07. The summed E-state index contributed by atoms with van der Waals surface area (Å²) < 4.78 is 0. The first-order valence-corrected chi connectivity index (χ1v) is 5.74. The predicted octanol–water partition coefficient (Wildman–Crippen LogP) is 2.00. The van der Waals surface area contributed by atoms with Crippen LogP contribution in [0.15, 0.2) is 12.1 Å². The first-order valence-electron chi connectivity index (χ1n) is 4.99. The number of carbonyl (C=O) groups is 3. The van der Waals surface area contributed by atoms with Gasteiger partial charge in [0.1, 0.15) is 0 Å². The Morgan fingerprint density at radius 3 is 2.56 bits per heavy atom. The number of benzene rings is 1. The highest BCUT2D eigenvalue weighted by molar-refractivity contribution is 6.54. The van der Waals surface area contributed by atoms with E-state index in [4.69, 9.17) is 28.3 Å². The maximum Gasteiger partial charge on any atom is 0.305 e. The van der Waals surface area contributed by atoms with E-state index in [0.717, 1.165) is 4.90 Å². The molecular weight excluding hydrogens is 281 g/mol. The number of carboxylic acid groups (broad SMARTS) is 1. The minimum atomic E-state index is -1.06. The summed E-state index contributed by atoms with van der Waals surface area (Å²) in [5.41, 5.74) is 0.347. The van der Waals surface area contributed by atoms with Crippen LogP contribution in [0, 0.1) is 0 Å². The van der Waals surface area contributed by atoms with Gasteiger partial charge in [-0.3, -0.25) is 14.4 Å². The van der Waals surface area contributed by atoms with Gasteiger partial charge in [-0.2, -0.15) is 0 Å². The van der Waals surface area contributed by atoms with Gasteiger partial charge in [0.2, 0.25) is 0 Å². The number of anilines is 1. The molecule has 1 amide bonds. The average molecular weight is 288 g/mol. The van der Waals surface area contributed by atoms with Gasteiger partial charge in [-0.1, -0.05) is 23.2 Å². The molecule has 1 aromatic rings. The van der Waals surface area contributed by atoms with E-state index >= 15 is 0 Å². The highest BCUT2D eigenvalue weighted by Gasteiger charge is 2.37. The number of rotatable bonds is 3. The standard InChI is InChI=1S/C11H7Cl2NO4/c12-5-3-6-9(7(13)4-5)14(2-1-8(15)16)11(18)10(6)17/h3-4H,1-2H2,(H,15,16). The van der Waals surface area contributed by atoms with Crippen LogP contribution in [0.1, 0.15) is 16.8 Å². The molecule has 94 valence electrons. The molecule has 0 saturated carbocycles. The van der Waals surface area contributed by atoms with Crippen molar-refractivity contribution in [2.24, 2.45) is 0 Å². The topological polar surface area (TPSA) is 74.7 Å². The van der Waals surface area contributed by atoms with Crippen molar-refractivity contribution in [3.63, 3.8) is 0 Å². The molecule has 0 aromatic heterocycles. The van der Waals surface area contributed by atoms with Crippen molar-refractivity contribution in [2.45, 2.75) is 6.42 Å². The molecule has 1 aliphatic rings. The summed E-state index contributed by atoms with van der Waals surface area (Å²) in [4.78, 5) is 35.0. The van der Waals surface area contributed by atoms with Gasteiger partial charge in [0.15, 0.2) is 0 Å². The normalized spacial score (nSPS) is 14.0. The number of hydrogen-bond acceptors (Lipinski definition) is 3. The Morgan fingerprint density at radius 2 is 1.94 bits per heavy atom. The first-order chi connectivity index (χ1) is 8.41. The molecule has 0 saturated heterocycles. The number of halogens is 2. The zero-order valence-electron chi connectivity index (χ0n) is 8.94. The Bertz CT molecular complexity index is 570. The molecule has 0 unspecified atom stereocenters. The molecule has 1 aliphatic heterocycles. The number of carbonyl (C=O) groups excluding carboxylic acids is 2. The fourth-order valence-corrected chi connectivity index (χ4v) is 2.37. The molecule has 0 aliphatic carbocycles. The van der Waals surface area contributed by atoms with E-state index in [1.807, 2.05) is 0 Å². The molecule has 7 heteroatoms. The van der Waals surface area contributed by atoms with Gasteiger partial charge < -0.3 is 10.0 Å². The number of Topliss-reactive ketones (excluding diaryl/α,β-unsaturated/α-hetero) is 1. The smallest absolute Gasteiger partial charge is 0.305 e. The molecule has 2 rings (SSSR count). The van der Waals surface area contributed by atoms with Crippen molar-refractivity contribution >= 4 is 46.5 Å². The van der Waals surface area contributed by atoms with Crippen LogP contribution in [0.25, 0.3) is 0 Å². The number of fused-ring (bicyclic) bond motifs is 1. The quantitative estimate of drug-likeness (QED) is 0.863. The molecule has 0 bridgehead atoms. The number of hydrogen-bond donors (Lipinski definition) is 1. The molecule has 0 fully saturated rings. The van der Waals surface area contributed by atoms with Crippen molar-refractivity contribution in [3.05, 3.63) is 27.7 Å². The number of carboxylic acids is 1. The van der Waals surface area contributed by atoms with E-state index in [1.54, 1.807) is 0 Å². The molecule has 18 heavy (non-hydrogen) atoms. The van der Waals surface area contributed by atoms with Gasteiger partial charge in [0.25, 0.3) is 11.7 Å². The summed E-state index contributed by atoms with van der Waals surface area (Å²) in [5.74, 6) is -2.57. The lowest BCUT2D eigenvalue weighted by Crippen LogP contribution is -2.31. The molecule has 0 spiro atoms. The Hall–Kier alpha value is -1.59. The maximum atomic E-state index is 11.7. The van der Waals surface area contributed by atoms with Crippen LogP contribution in [0.2, 0.25) is 10.0 Å². The highest BCUT2D eigenvalue weighted by Crippen LogP contribution is 2.38. The Balaban J connectivity index is 2.45. The summed E-state index contributed by atoms with van der Waals surface area (Å²) in [7, 11) is 0. The molecule has 1 aromatic carbocycles. The summed E-state index contributed by atoms with van der Waals surface area (Å²) in [6.07, 6.45) is -0.266. The lowest BCUT2D eigenvalue weighted by atomic mass is 10.1. The summed E-state index contributed by atoms with van der Waals surface area (Å²) in [6.45, 7) is -0.103. The van der Waals surface area contributed by atoms with Crippen molar-refractivity contribution in [1.82, 2.24) is 0 Å². The van der Waals surface area contributed by atoms with E-state index in [9.17, 15) is 14.4 Å². The van der Waals surface area contributed by atoms with Gasteiger partial charge in [-0.05, 0) is 12.1 Å². The SMILES string of the molecule is O=C(O)CCN1C(=O)C(=O)c2cc(Cl)cc(Cl)c21. The highest BCUT2D eigenvalue weighted by atomic mass is 35.5. The zero-order chi connectivity index (χ0) is 13.4. The minimum absolute atomic E-state index is 0.103. The van der Waals surface area contributed by atoms with Crippen LogP contribution >= 0.6 is 23.2 Å². The molecule has 1 heterocycles. The number of aliphatic carboxylic acids is 1. The number of nitrogens with zero attached hydrogens (tertiary/aromatic N) is 1. The van der Waals surface area contributed by atoms with Crippen LogP contribution in [0.5, 0.6) is 0 Å². The van der Waals surface area contributed by atoms with Crippen LogP contribution in [-0.2, 0) is 9.59 Å². The Labute approximate surface area is 112 Å². The third-order valence-corrected chi connectivity index (χ3v) is 3.04. The first kappa shape index (κ1) is 12.9. The molecule has 0 radical (unpaired) electrons. The second kappa shape index (κ2) is 4.59. The van der Waals surface area contributed by atoms with Gasteiger partial charge in [0.05, 0.1) is 22.7 Å². The average Bonchev–Trinajstić information content (AvgIpc) is 2.51. The van der Waals surface area contributed by atoms with Crippen LogP contribution < -0.4 is 4.90 Å². The van der Waals surface area contributed by atoms with E-state index in [1.165, 1.54) is 12.1 Å². The van der Waals surface area contributed by atoms with Crippen molar-refractivity contribution in [2.75, 3.05) is 11.4 Å². The van der Waals surface area contributed by atoms with E-state index in [0.29, 0.717) is 0 Å². The second-order valence-electron chi connectivity index (χ2n) is 3.71. The van der Waals surface area contributed by atoms with Crippen LogP contribution in [0.4, 0.5) is 5.69 Å². The molecule has 1 N–H and O–H groups in total. The summed E-state index contributed by atoms with van der Waals surface area (Å²) in [6, 6.07) is 2.76. The maximum absolute atomic E-state index is 11.7. The summed E-state index contributed by atoms with van der Waals surface area (Å²) >= 11 is 11.7. The predicted molar refractivity (Wildman–Crippen MR) is 65.4 cm³/mol. The number of ketones is 1. The molecular formula is C11H7Cl2NO4. The van der Waals surface area contributed by atoms with Crippen molar-refractivity contribution in [1.29, 1.82) is 0 Å². The molecule has 0 atom stereocenters. The van der Waals surface area contributed by atoms with Gasteiger partial charge in [-0.15, -0.1) is 0 Å². The fourth-order valence-electron chi connectivity index (χ4n) is 1.77. The molecule has 5 nitrogen and oxygen atoms in total. The van der Waals surface area contributed by atoms with Gasteiger partial charge in [0, 0.05) is 11.6 Å². The second-order valence-corrected chi connectivity index (χ2v) is 4.56. The number of amides is 1. The third-order valence-electron chi connectivity index (χ3n) is 2.53. The van der Waals surface area contributed by atoms with Gasteiger partial charge in [-0.25, -0.2) is 0 Å². The van der Waals surface area contributed by atoms with Gasteiger partial charge >= 0.3 is 5.97 Å². The van der Waals surface area contributed by atoms with Crippen molar-refractivity contribution < 1.29 is 19.5 Å². The Kier molecular flexibility index (Phi) is 3.28. The summed E-state index contributed by atoms with van der Waals surface area (Å²) in [5, 5.41) is 9.02. The van der Waals surface area contributed by atoms with E-state index in [2.05, 4.69) is 0 Å². The van der Waals surface area contributed by atoms with Crippen LogP contribution in [-0.4, -0.2) is 29.3 Å². The fraction of sp³-hybridized carbons (Fsp3) is 0.182. The van der Waals surface area contributed by atoms with Crippen molar-refractivity contribution in [3.8, 4) is 0 Å². The zero-order valence-corrected chi connectivity index (χ0v) is 10.5. The van der Waals surface area contributed by atoms with E-state index in [-0.39, 0.29) is 34.3 Å². The monoisotopic (exact) mass is 287 g/mol. The van der Waals surface area contributed by atoms with Crippen LogP contribution in [0.3, 0.4) is 0 Å².